The van der Waals surface area contributed by atoms with Crippen LogP contribution in [-0.2, 0) is 0 Å². The number of nitrogens with zero attached hydrogens (tertiary/aromatic N) is 2. The fourth-order valence-electron chi connectivity index (χ4n) is 1.81. The topological polar surface area (TPSA) is 34.9 Å². The first kappa shape index (κ1) is 12.6. The SMILES string of the molecule is O=C(c1ccccc1)n1ccc(C=Cc2cccs2)n1. The van der Waals surface area contributed by atoms with Crippen LogP contribution in [0.5, 0.6) is 0 Å². The van der Waals surface area contributed by atoms with Gasteiger partial charge in [0.15, 0.2) is 0 Å². The van der Waals surface area contributed by atoms with Gasteiger partial charge in [0.25, 0.3) is 5.91 Å². The van der Waals surface area contributed by atoms with Crippen LogP contribution in [0, 0.1) is 0 Å². The zero-order valence-electron chi connectivity index (χ0n) is 10.6. The number of benzene rings is 1. The minimum absolute atomic E-state index is 0.124. The molecular weight excluding hydrogens is 268 g/mol. The summed E-state index contributed by atoms with van der Waals surface area (Å²) in [5.41, 5.74) is 1.40. The second-order valence-corrected chi connectivity index (χ2v) is 5.18. The number of thiophene rings is 1. The monoisotopic (exact) mass is 280 g/mol. The van der Waals surface area contributed by atoms with Gasteiger partial charge in [-0.25, -0.2) is 4.68 Å². The summed E-state index contributed by atoms with van der Waals surface area (Å²) < 4.78 is 1.36. The molecule has 0 aliphatic rings. The van der Waals surface area contributed by atoms with Crippen molar-refractivity contribution in [2.45, 2.75) is 0 Å². The lowest BCUT2D eigenvalue weighted by molar-refractivity contribution is 0.0945. The third-order valence-electron chi connectivity index (χ3n) is 2.80. The fraction of sp³-hybridized carbons (Fsp3) is 0. The smallest absolute Gasteiger partial charge is 0.267 e. The molecule has 98 valence electrons. The first-order valence-electron chi connectivity index (χ1n) is 6.20. The molecule has 3 aromatic rings. The molecule has 3 rings (SSSR count). The molecule has 20 heavy (non-hydrogen) atoms. The molecule has 3 nitrogen and oxygen atoms in total. The van der Waals surface area contributed by atoms with Crippen LogP contribution in [0.1, 0.15) is 20.9 Å². The molecule has 0 radical (unpaired) electrons. The normalized spacial score (nSPS) is 11.0. The van der Waals surface area contributed by atoms with Gasteiger partial charge in [0, 0.05) is 16.6 Å². The Morgan fingerprint density at radius 1 is 1.05 bits per heavy atom. The predicted molar refractivity (Wildman–Crippen MR) is 81.6 cm³/mol. The molecule has 4 heteroatoms. The average Bonchev–Trinajstić information content (AvgIpc) is 3.17. The van der Waals surface area contributed by atoms with Crippen molar-refractivity contribution in [2.24, 2.45) is 0 Å². The Balaban J connectivity index is 1.79. The Morgan fingerprint density at radius 3 is 2.65 bits per heavy atom. The van der Waals surface area contributed by atoms with Gasteiger partial charge in [0.05, 0.1) is 5.69 Å². The van der Waals surface area contributed by atoms with Crippen molar-refractivity contribution in [1.82, 2.24) is 9.78 Å². The first-order chi connectivity index (χ1) is 9.83. The van der Waals surface area contributed by atoms with Gasteiger partial charge in [-0.1, -0.05) is 24.3 Å². The Kier molecular flexibility index (Phi) is 3.56. The largest absolute Gasteiger partial charge is 0.278 e. The van der Waals surface area contributed by atoms with E-state index in [0.29, 0.717) is 5.56 Å². The van der Waals surface area contributed by atoms with Gasteiger partial charge >= 0.3 is 0 Å². The number of carbonyl (C=O) groups excluding carboxylic acids is 1. The Hall–Kier alpha value is -2.46. The summed E-state index contributed by atoms with van der Waals surface area (Å²) in [5.74, 6) is -0.124. The van der Waals surface area contributed by atoms with Crippen molar-refractivity contribution in [3.63, 3.8) is 0 Å². The highest BCUT2D eigenvalue weighted by Crippen LogP contribution is 2.12. The molecular formula is C16H12N2OS. The van der Waals surface area contributed by atoms with Crippen LogP contribution in [0.25, 0.3) is 12.2 Å². The van der Waals surface area contributed by atoms with Gasteiger partial charge in [-0.2, -0.15) is 5.10 Å². The molecule has 0 fully saturated rings. The maximum absolute atomic E-state index is 12.2. The number of aromatic nitrogens is 2. The summed E-state index contributed by atoms with van der Waals surface area (Å²) in [6, 6.07) is 15.0. The molecule has 0 saturated carbocycles. The Morgan fingerprint density at radius 2 is 1.90 bits per heavy atom. The summed E-state index contributed by atoms with van der Waals surface area (Å²) in [4.78, 5) is 13.3. The van der Waals surface area contributed by atoms with Crippen molar-refractivity contribution in [3.05, 3.63) is 76.2 Å². The van der Waals surface area contributed by atoms with E-state index >= 15 is 0 Å². The van der Waals surface area contributed by atoms with Crippen LogP contribution in [0.4, 0.5) is 0 Å². The number of carbonyl (C=O) groups is 1. The summed E-state index contributed by atoms with van der Waals surface area (Å²) in [6.45, 7) is 0. The third-order valence-corrected chi connectivity index (χ3v) is 3.64. The second-order valence-electron chi connectivity index (χ2n) is 4.21. The molecule has 2 aromatic heterocycles. The van der Waals surface area contributed by atoms with Crippen LogP contribution in [-0.4, -0.2) is 15.7 Å². The van der Waals surface area contributed by atoms with E-state index < -0.39 is 0 Å². The molecule has 0 bridgehead atoms. The highest BCUT2D eigenvalue weighted by Gasteiger charge is 2.08. The lowest BCUT2D eigenvalue weighted by Crippen LogP contribution is -2.12. The van der Waals surface area contributed by atoms with Gasteiger partial charge in [-0.05, 0) is 41.8 Å². The van der Waals surface area contributed by atoms with Crippen molar-refractivity contribution in [3.8, 4) is 0 Å². The molecule has 0 aliphatic carbocycles. The van der Waals surface area contributed by atoms with E-state index in [9.17, 15) is 4.79 Å². The van der Waals surface area contributed by atoms with Gasteiger partial charge in [0.1, 0.15) is 0 Å². The van der Waals surface area contributed by atoms with E-state index in [4.69, 9.17) is 0 Å². The second kappa shape index (κ2) is 5.67. The fourth-order valence-corrected chi connectivity index (χ4v) is 2.42. The van der Waals surface area contributed by atoms with E-state index in [2.05, 4.69) is 5.10 Å². The lowest BCUT2D eigenvalue weighted by atomic mass is 10.2. The molecule has 0 spiro atoms. The molecule has 0 N–H and O–H groups in total. The molecule has 0 atom stereocenters. The molecule has 0 aliphatic heterocycles. The van der Waals surface area contributed by atoms with Crippen LogP contribution < -0.4 is 0 Å². The van der Waals surface area contributed by atoms with Crippen molar-refractivity contribution in [1.29, 1.82) is 0 Å². The van der Waals surface area contributed by atoms with E-state index in [1.807, 2.05) is 53.9 Å². The zero-order chi connectivity index (χ0) is 13.8. The van der Waals surface area contributed by atoms with Crippen molar-refractivity contribution in [2.75, 3.05) is 0 Å². The Bertz CT molecular complexity index is 727. The molecule has 0 amide bonds. The van der Waals surface area contributed by atoms with Gasteiger partial charge in [-0.15, -0.1) is 11.3 Å². The number of hydrogen-bond acceptors (Lipinski definition) is 3. The van der Waals surface area contributed by atoms with Crippen LogP contribution in [0.2, 0.25) is 0 Å². The minimum atomic E-state index is -0.124. The highest BCUT2D eigenvalue weighted by molar-refractivity contribution is 7.10. The van der Waals surface area contributed by atoms with E-state index in [-0.39, 0.29) is 5.91 Å². The summed E-state index contributed by atoms with van der Waals surface area (Å²) in [5, 5.41) is 6.30. The van der Waals surface area contributed by atoms with Crippen molar-refractivity contribution < 1.29 is 4.79 Å². The van der Waals surface area contributed by atoms with Gasteiger partial charge in [0.2, 0.25) is 0 Å². The maximum atomic E-state index is 12.2. The zero-order valence-corrected chi connectivity index (χ0v) is 11.5. The quantitative estimate of drug-likeness (QED) is 0.731. The summed E-state index contributed by atoms with van der Waals surface area (Å²) >= 11 is 1.66. The maximum Gasteiger partial charge on any atom is 0.278 e. The van der Waals surface area contributed by atoms with Gasteiger partial charge < -0.3 is 0 Å². The van der Waals surface area contributed by atoms with Crippen LogP contribution in [0.15, 0.2) is 60.1 Å². The summed E-state index contributed by atoms with van der Waals surface area (Å²) in [7, 11) is 0. The Labute approximate surface area is 120 Å². The lowest BCUT2D eigenvalue weighted by Gasteiger charge is -1.99. The molecule has 2 heterocycles. The van der Waals surface area contributed by atoms with E-state index in [1.165, 1.54) is 4.68 Å². The first-order valence-corrected chi connectivity index (χ1v) is 7.08. The minimum Gasteiger partial charge on any atom is -0.267 e. The predicted octanol–water partition coefficient (Wildman–Crippen LogP) is 3.80. The highest BCUT2D eigenvalue weighted by atomic mass is 32.1. The molecule has 0 saturated heterocycles. The van der Waals surface area contributed by atoms with Gasteiger partial charge in [-0.3, -0.25) is 4.79 Å². The third kappa shape index (κ3) is 2.75. The van der Waals surface area contributed by atoms with Crippen LogP contribution in [0.3, 0.4) is 0 Å². The summed E-state index contributed by atoms with van der Waals surface area (Å²) in [6.07, 6.45) is 5.58. The number of rotatable bonds is 3. The standard InChI is InChI=1S/C16H12N2OS/c19-16(13-5-2-1-3-6-13)18-11-10-14(17-18)8-9-15-7-4-12-20-15/h1-12H. The average molecular weight is 280 g/mol. The van der Waals surface area contributed by atoms with E-state index in [1.54, 1.807) is 29.7 Å². The van der Waals surface area contributed by atoms with Crippen molar-refractivity contribution >= 4 is 29.4 Å². The van der Waals surface area contributed by atoms with Crippen LogP contribution >= 0.6 is 11.3 Å². The number of hydrogen-bond donors (Lipinski definition) is 0. The molecule has 0 unspecified atom stereocenters. The van der Waals surface area contributed by atoms with E-state index in [0.717, 1.165) is 10.6 Å². The molecule has 1 aromatic carbocycles.